The van der Waals surface area contributed by atoms with Gasteiger partial charge in [0.1, 0.15) is 0 Å². The Morgan fingerprint density at radius 2 is 1.96 bits per heavy atom. The summed E-state index contributed by atoms with van der Waals surface area (Å²) >= 11 is 0. The minimum Gasteiger partial charge on any atom is -0.417 e. The average molecular weight is 351 g/mol. The van der Waals surface area contributed by atoms with Gasteiger partial charge in [-0.15, -0.1) is 0 Å². The van der Waals surface area contributed by atoms with Gasteiger partial charge in [-0.25, -0.2) is 0 Å². The normalized spacial score (nSPS) is 24.5. The van der Waals surface area contributed by atoms with Crippen molar-refractivity contribution in [2.75, 3.05) is 13.2 Å². The maximum absolute atomic E-state index is 11.6. The van der Waals surface area contributed by atoms with Crippen LogP contribution in [0.3, 0.4) is 0 Å². The van der Waals surface area contributed by atoms with Gasteiger partial charge in [0.2, 0.25) is 0 Å². The van der Waals surface area contributed by atoms with Gasteiger partial charge in [-0.2, -0.15) is 0 Å². The standard InChI is InChI=1S/C19H30O4Si/c1-18(2,3)24(4,5)23-12-11-17-19(14-20,15-21-17)22-13-16-9-7-6-8-10-16/h6-10,14,17H,11-13,15H2,1-5H3/t17-,19+/m1/s1. The van der Waals surface area contributed by atoms with Crippen molar-refractivity contribution >= 4 is 14.6 Å². The van der Waals surface area contributed by atoms with Crippen LogP contribution < -0.4 is 0 Å². The van der Waals surface area contributed by atoms with E-state index in [4.69, 9.17) is 13.9 Å². The van der Waals surface area contributed by atoms with E-state index in [9.17, 15) is 4.79 Å². The molecule has 0 aliphatic carbocycles. The van der Waals surface area contributed by atoms with E-state index >= 15 is 0 Å². The highest BCUT2D eigenvalue weighted by Crippen LogP contribution is 2.37. The Hall–Kier alpha value is -1.01. The molecule has 0 aromatic heterocycles. The van der Waals surface area contributed by atoms with Crippen LogP contribution in [-0.4, -0.2) is 39.5 Å². The highest BCUT2D eigenvalue weighted by Gasteiger charge is 2.50. The lowest BCUT2D eigenvalue weighted by molar-refractivity contribution is -0.249. The molecule has 2 rings (SSSR count). The predicted molar refractivity (Wildman–Crippen MR) is 97.5 cm³/mol. The molecule has 0 amide bonds. The lowest BCUT2D eigenvalue weighted by Gasteiger charge is -2.45. The molecule has 1 aromatic rings. The third-order valence-electron chi connectivity index (χ3n) is 5.25. The van der Waals surface area contributed by atoms with Gasteiger partial charge in [0.15, 0.2) is 20.2 Å². The first-order chi connectivity index (χ1) is 11.2. The number of rotatable bonds is 8. The van der Waals surface area contributed by atoms with Crippen LogP contribution in [0.4, 0.5) is 0 Å². The minimum absolute atomic E-state index is 0.180. The molecule has 134 valence electrons. The SMILES string of the molecule is CC(C)(C)[Si](C)(C)OCC[C@H]1OC[C@]1(C=O)OCc1ccccc1. The van der Waals surface area contributed by atoms with Crippen molar-refractivity contribution in [3.63, 3.8) is 0 Å². The van der Waals surface area contributed by atoms with Gasteiger partial charge in [-0.1, -0.05) is 51.1 Å². The Kier molecular flexibility index (Phi) is 6.02. The van der Waals surface area contributed by atoms with E-state index < -0.39 is 13.9 Å². The smallest absolute Gasteiger partial charge is 0.191 e. The average Bonchev–Trinajstić information content (AvgIpc) is 2.51. The molecular weight excluding hydrogens is 320 g/mol. The topological polar surface area (TPSA) is 44.8 Å². The van der Waals surface area contributed by atoms with E-state index in [-0.39, 0.29) is 11.1 Å². The van der Waals surface area contributed by atoms with Gasteiger partial charge in [0.05, 0.1) is 19.3 Å². The van der Waals surface area contributed by atoms with Crippen molar-refractivity contribution in [2.24, 2.45) is 0 Å². The predicted octanol–water partition coefficient (Wildman–Crippen LogP) is 3.95. The summed E-state index contributed by atoms with van der Waals surface area (Å²) in [5.41, 5.74) is 0.231. The molecule has 0 bridgehead atoms. The molecule has 4 nitrogen and oxygen atoms in total. The zero-order valence-electron chi connectivity index (χ0n) is 15.5. The van der Waals surface area contributed by atoms with Crippen LogP contribution in [0.2, 0.25) is 18.1 Å². The summed E-state index contributed by atoms with van der Waals surface area (Å²) in [4.78, 5) is 11.6. The van der Waals surface area contributed by atoms with E-state index in [0.717, 1.165) is 11.8 Å². The number of benzene rings is 1. The Morgan fingerprint density at radius 3 is 2.46 bits per heavy atom. The van der Waals surface area contributed by atoms with Crippen molar-refractivity contribution in [3.05, 3.63) is 35.9 Å². The van der Waals surface area contributed by atoms with Gasteiger partial charge in [-0.3, -0.25) is 4.79 Å². The van der Waals surface area contributed by atoms with Crippen molar-refractivity contribution in [3.8, 4) is 0 Å². The second-order valence-corrected chi connectivity index (χ2v) is 12.9. The molecule has 0 unspecified atom stereocenters. The van der Waals surface area contributed by atoms with Crippen LogP contribution in [0.15, 0.2) is 30.3 Å². The Bertz CT molecular complexity index is 538. The maximum atomic E-state index is 11.6. The molecule has 0 spiro atoms. The zero-order chi connectivity index (χ0) is 17.8. The highest BCUT2D eigenvalue weighted by molar-refractivity contribution is 6.74. The molecule has 1 aromatic carbocycles. The van der Waals surface area contributed by atoms with Gasteiger partial charge >= 0.3 is 0 Å². The molecule has 1 heterocycles. The highest BCUT2D eigenvalue weighted by atomic mass is 28.4. The molecule has 24 heavy (non-hydrogen) atoms. The Balaban J connectivity index is 1.86. The molecule has 0 N–H and O–H groups in total. The van der Waals surface area contributed by atoms with Crippen LogP contribution in [-0.2, 0) is 25.3 Å². The van der Waals surface area contributed by atoms with E-state index in [1.807, 2.05) is 30.3 Å². The molecule has 2 atom stereocenters. The molecule has 1 saturated heterocycles. The van der Waals surface area contributed by atoms with Crippen LogP contribution in [0.25, 0.3) is 0 Å². The fraction of sp³-hybridized carbons (Fsp3) is 0.632. The van der Waals surface area contributed by atoms with Crippen molar-refractivity contribution in [1.29, 1.82) is 0 Å². The summed E-state index contributed by atoms with van der Waals surface area (Å²) in [7, 11) is -1.77. The zero-order valence-corrected chi connectivity index (χ0v) is 16.5. The molecule has 1 fully saturated rings. The molecule has 1 aliphatic heterocycles. The summed E-state index contributed by atoms with van der Waals surface area (Å²) in [6, 6.07) is 9.88. The largest absolute Gasteiger partial charge is 0.417 e. The van der Waals surface area contributed by atoms with Gasteiger partial charge in [0.25, 0.3) is 0 Å². The summed E-state index contributed by atoms with van der Waals surface area (Å²) in [5, 5.41) is 0.180. The van der Waals surface area contributed by atoms with Crippen molar-refractivity contribution in [1.82, 2.24) is 0 Å². The first-order valence-electron chi connectivity index (χ1n) is 8.60. The van der Waals surface area contributed by atoms with Crippen molar-refractivity contribution < 1.29 is 18.7 Å². The molecule has 0 saturated carbocycles. The van der Waals surface area contributed by atoms with E-state index in [0.29, 0.717) is 26.2 Å². The number of hydrogen-bond acceptors (Lipinski definition) is 4. The van der Waals surface area contributed by atoms with Crippen LogP contribution in [0, 0.1) is 0 Å². The lowest BCUT2D eigenvalue weighted by Crippen LogP contribution is -2.61. The molecule has 5 heteroatoms. The summed E-state index contributed by atoms with van der Waals surface area (Å²) < 4.78 is 17.7. The number of aldehydes is 1. The summed E-state index contributed by atoms with van der Waals surface area (Å²) in [6.45, 7) is 12.5. The third kappa shape index (κ3) is 4.33. The number of ether oxygens (including phenoxy) is 2. The van der Waals surface area contributed by atoms with Crippen LogP contribution in [0.5, 0.6) is 0 Å². The fourth-order valence-electron chi connectivity index (χ4n) is 2.40. The molecule has 1 aliphatic rings. The lowest BCUT2D eigenvalue weighted by atomic mass is 9.91. The number of carbonyl (C=O) groups excluding carboxylic acids is 1. The monoisotopic (exact) mass is 350 g/mol. The fourth-order valence-corrected chi connectivity index (χ4v) is 3.46. The number of hydrogen-bond donors (Lipinski definition) is 0. The summed E-state index contributed by atoms with van der Waals surface area (Å²) in [6.07, 6.45) is 1.36. The van der Waals surface area contributed by atoms with E-state index in [2.05, 4.69) is 33.9 Å². The summed E-state index contributed by atoms with van der Waals surface area (Å²) in [5.74, 6) is 0. The first-order valence-corrected chi connectivity index (χ1v) is 11.5. The van der Waals surface area contributed by atoms with Crippen molar-refractivity contribution in [2.45, 2.75) is 63.6 Å². The third-order valence-corrected chi connectivity index (χ3v) is 9.79. The second-order valence-electron chi connectivity index (χ2n) is 8.04. The Morgan fingerprint density at radius 1 is 1.29 bits per heavy atom. The molecular formula is C19H30O4Si. The Labute approximate surface area is 146 Å². The first kappa shape index (κ1) is 19.3. The van der Waals surface area contributed by atoms with E-state index in [1.54, 1.807) is 0 Å². The van der Waals surface area contributed by atoms with Crippen LogP contribution in [0.1, 0.15) is 32.8 Å². The molecule has 0 radical (unpaired) electrons. The second kappa shape index (κ2) is 7.48. The quantitative estimate of drug-likeness (QED) is 0.526. The number of carbonyl (C=O) groups is 1. The minimum atomic E-state index is -1.77. The van der Waals surface area contributed by atoms with E-state index in [1.165, 1.54) is 0 Å². The van der Waals surface area contributed by atoms with Gasteiger partial charge in [-0.05, 0) is 30.1 Å². The van der Waals surface area contributed by atoms with Crippen LogP contribution >= 0.6 is 0 Å². The van der Waals surface area contributed by atoms with Gasteiger partial charge in [0, 0.05) is 6.61 Å². The van der Waals surface area contributed by atoms with Gasteiger partial charge < -0.3 is 13.9 Å². The maximum Gasteiger partial charge on any atom is 0.191 e.